The molecule has 4 rings (SSSR count). The maximum atomic E-state index is 12.8. The smallest absolute Gasteiger partial charge is 0.275 e. The van der Waals surface area contributed by atoms with Crippen LogP contribution < -0.4 is 10.2 Å². The van der Waals surface area contributed by atoms with E-state index in [-0.39, 0.29) is 5.91 Å². The third-order valence-corrected chi connectivity index (χ3v) is 4.49. The number of carbonyl (C=O) groups is 1. The fraction of sp³-hybridized carbons (Fsp3) is 0.333. The molecule has 0 unspecified atom stereocenters. The third-order valence-electron chi connectivity index (χ3n) is 4.49. The first kappa shape index (κ1) is 15.6. The largest absolute Gasteiger partial charge is 0.356 e. The van der Waals surface area contributed by atoms with Crippen LogP contribution in [0.3, 0.4) is 0 Å². The van der Waals surface area contributed by atoms with Crippen LogP contribution in [0.5, 0.6) is 0 Å². The van der Waals surface area contributed by atoms with Crippen molar-refractivity contribution >= 4 is 23.2 Å². The third kappa shape index (κ3) is 3.05. The second kappa shape index (κ2) is 6.51. The van der Waals surface area contributed by atoms with Crippen molar-refractivity contribution in [3.8, 4) is 0 Å². The van der Waals surface area contributed by atoms with Crippen molar-refractivity contribution in [1.29, 1.82) is 0 Å². The molecule has 1 N–H and O–H groups in total. The van der Waals surface area contributed by atoms with Crippen LogP contribution in [0.4, 0.5) is 11.6 Å². The van der Waals surface area contributed by atoms with E-state index in [9.17, 15) is 4.79 Å². The Kier molecular flexibility index (Phi) is 4.05. The number of imidazole rings is 1. The Bertz CT molecular complexity index is 913. The van der Waals surface area contributed by atoms with E-state index in [0.29, 0.717) is 17.2 Å². The molecule has 0 atom stereocenters. The van der Waals surface area contributed by atoms with Crippen LogP contribution >= 0.6 is 0 Å². The molecule has 0 aliphatic carbocycles. The normalized spacial score (nSPS) is 14.7. The highest BCUT2D eigenvalue weighted by atomic mass is 16.2. The minimum Gasteiger partial charge on any atom is -0.356 e. The molecule has 0 bridgehead atoms. The van der Waals surface area contributed by atoms with Crippen LogP contribution in [0.15, 0.2) is 36.8 Å². The van der Waals surface area contributed by atoms with Crippen molar-refractivity contribution in [3.05, 3.63) is 48.2 Å². The average molecular weight is 336 g/mol. The van der Waals surface area contributed by atoms with Gasteiger partial charge in [0.2, 0.25) is 0 Å². The first-order valence-electron chi connectivity index (χ1n) is 8.54. The van der Waals surface area contributed by atoms with E-state index >= 15 is 0 Å². The molecule has 3 aromatic heterocycles. The summed E-state index contributed by atoms with van der Waals surface area (Å²) in [6.07, 6.45) is 6.95. The van der Waals surface area contributed by atoms with Gasteiger partial charge < -0.3 is 10.2 Å². The van der Waals surface area contributed by atoms with Crippen molar-refractivity contribution in [3.63, 3.8) is 0 Å². The minimum absolute atomic E-state index is 0.223. The highest BCUT2D eigenvalue weighted by Gasteiger charge is 2.18. The van der Waals surface area contributed by atoms with Gasteiger partial charge in [-0.3, -0.25) is 9.20 Å². The van der Waals surface area contributed by atoms with Gasteiger partial charge in [0.15, 0.2) is 0 Å². The molecule has 1 saturated heterocycles. The van der Waals surface area contributed by atoms with Crippen molar-refractivity contribution in [2.45, 2.75) is 26.2 Å². The van der Waals surface area contributed by atoms with Crippen LogP contribution in [0, 0.1) is 6.92 Å². The van der Waals surface area contributed by atoms with Gasteiger partial charge in [-0.25, -0.2) is 15.0 Å². The lowest BCUT2D eigenvalue weighted by molar-refractivity contribution is 0.102. The van der Waals surface area contributed by atoms with Crippen LogP contribution in [0.25, 0.3) is 5.65 Å². The number of carbonyl (C=O) groups excluding carboxylic acids is 1. The summed E-state index contributed by atoms with van der Waals surface area (Å²) < 4.78 is 1.79. The summed E-state index contributed by atoms with van der Waals surface area (Å²) in [7, 11) is 0. The Hall–Kier alpha value is -2.96. The number of rotatable bonds is 3. The van der Waals surface area contributed by atoms with Crippen molar-refractivity contribution in [2.75, 3.05) is 23.3 Å². The summed E-state index contributed by atoms with van der Waals surface area (Å²) in [5.41, 5.74) is 1.96. The molecule has 1 fully saturated rings. The lowest BCUT2D eigenvalue weighted by Crippen LogP contribution is -2.30. The quantitative estimate of drug-likeness (QED) is 0.796. The van der Waals surface area contributed by atoms with Crippen molar-refractivity contribution < 1.29 is 4.79 Å². The Morgan fingerprint density at radius 2 is 2.00 bits per heavy atom. The number of amides is 1. The molecule has 0 saturated carbocycles. The van der Waals surface area contributed by atoms with E-state index in [1.807, 2.05) is 37.4 Å². The van der Waals surface area contributed by atoms with E-state index < -0.39 is 0 Å². The molecule has 4 heterocycles. The summed E-state index contributed by atoms with van der Waals surface area (Å²) in [4.78, 5) is 28.0. The van der Waals surface area contributed by atoms with Gasteiger partial charge >= 0.3 is 0 Å². The molecule has 7 nitrogen and oxygen atoms in total. The number of hydrogen-bond donors (Lipinski definition) is 1. The molecule has 25 heavy (non-hydrogen) atoms. The summed E-state index contributed by atoms with van der Waals surface area (Å²) in [5.74, 6) is 1.14. The van der Waals surface area contributed by atoms with Gasteiger partial charge in [0.1, 0.15) is 29.3 Å². The van der Waals surface area contributed by atoms with Gasteiger partial charge in [-0.2, -0.15) is 0 Å². The number of nitrogens with one attached hydrogen (secondary N) is 1. The van der Waals surface area contributed by atoms with Gasteiger partial charge in [0.05, 0.1) is 5.69 Å². The van der Waals surface area contributed by atoms with Crippen LogP contribution in [0.2, 0.25) is 0 Å². The first-order chi connectivity index (χ1) is 12.2. The molecule has 128 valence electrons. The fourth-order valence-corrected chi connectivity index (χ4v) is 3.27. The van der Waals surface area contributed by atoms with E-state index in [0.717, 1.165) is 24.6 Å². The minimum atomic E-state index is -0.223. The van der Waals surface area contributed by atoms with Crippen molar-refractivity contribution in [2.24, 2.45) is 0 Å². The molecule has 1 aliphatic rings. The van der Waals surface area contributed by atoms with E-state index in [1.54, 1.807) is 4.40 Å². The molecular weight excluding hydrogens is 316 g/mol. The first-order valence-corrected chi connectivity index (χ1v) is 8.54. The summed E-state index contributed by atoms with van der Waals surface area (Å²) in [6.45, 7) is 3.83. The molecule has 1 amide bonds. The fourth-order valence-electron chi connectivity index (χ4n) is 3.27. The maximum absolute atomic E-state index is 12.8. The van der Waals surface area contributed by atoms with Crippen LogP contribution in [-0.2, 0) is 0 Å². The number of fused-ring (bicyclic) bond motifs is 1. The number of aromatic nitrogens is 4. The summed E-state index contributed by atoms with van der Waals surface area (Å²) in [6, 6.07) is 7.49. The SMILES string of the molecule is Cc1nc2ccccn2c1C(=O)Nc1cc(N2CCCCC2)ncn1. The molecule has 0 radical (unpaired) electrons. The second-order valence-corrected chi connectivity index (χ2v) is 6.24. The zero-order chi connectivity index (χ0) is 17.2. The second-order valence-electron chi connectivity index (χ2n) is 6.24. The maximum Gasteiger partial charge on any atom is 0.275 e. The monoisotopic (exact) mass is 336 g/mol. The molecule has 3 aromatic rings. The Balaban J connectivity index is 1.59. The lowest BCUT2D eigenvalue weighted by Gasteiger charge is -2.27. The van der Waals surface area contributed by atoms with Gasteiger partial charge in [-0.1, -0.05) is 6.07 Å². The number of anilines is 2. The molecule has 7 heteroatoms. The standard InChI is InChI=1S/C18H20N6O/c1-13-17(24-10-6-3-7-15(24)21-13)18(25)22-14-11-16(20-12-19-14)23-8-4-2-5-9-23/h3,6-7,10-12H,2,4-5,8-9H2,1H3,(H,19,20,22,25). The Labute approximate surface area is 145 Å². The van der Waals surface area contributed by atoms with Gasteiger partial charge in [-0.15, -0.1) is 0 Å². The highest BCUT2D eigenvalue weighted by molar-refractivity contribution is 6.04. The zero-order valence-corrected chi connectivity index (χ0v) is 14.1. The van der Waals surface area contributed by atoms with E-state index in [4.69, 9.17) is 0 Å². The molecular formula is C18H20N6O. The molecule has 0 spiro atoms. The Morgan fingerprint density at radius 3 is 2.84 bits per heavy atom. The van der Waals surface area contributed by atoms with Crippen LogP contribution in [-0.4, -0.2) is 38.3 Å². The topological polar surface area (TPSA) is 75.4 Å². The number of aryl methyl sites for hydroxylation is 1. The van der Waals surface area contributed by atoms with E-state index in [2.05, 4.69) is 25.2 Å². The number of piperidine rings is 1. The van der Waals surface area contributed by atoms with Gasteiger partial charge in [0.25, 0.3) is 5.91 Å². The number of pyridine rings is 1. The summed E-state index contributed by atoms with van der Waals surface area (Å²) >= 11 is 0. The molecule has 0 aromatic carbocycles. The van der Waals surface area contributed by atoms with Crippen molar-refractivity contribution in [1.82, 2.24) is 19.4 Å². The predicted octanol–water partition coefficient (Wildman–Crippen LogP) is 2.68. The Morgan fingerprint density at radius 1 is 1.16 bits per heavy atom. The lowest BCUT2D eigenvalue weighted by atomic mass is 10.1. The van der Waals surface area contributed by atoms with Gasteiger partial charge in [0, 0.05) is 25.4 Å². The van der Waals surface area contributed by atoms with E-state index in [1.165, 1.54) is 25.6 Å². The van der Waals surface area contributed by atoms with Gasteiger partial charge in [-0.05, 0) is 38.3 Å². The average Bonchev–Trinajstić information content (AvgIpc) is 2.98. The molecule has 1 aliphatic heterocycles. The highest BCUT2D eigenvalue weighted by Crippen LogP contribution is 2.20. The van der Waals surface area contributed by atoms with Crippen LogP contribution in [0.1, 0.15) is 35.4 Å². The summed E-state index contributed by atoms with van der Waals surface area (Å²) in [5, 5.41) is 2.88. The number of hydrogen-bond acceptors (Lipinski definition) is 5. The number of nitrogens with zero attached hydrogens (tertiary/aromatic N) is 5. The predicted molar refractivity (Wildman–Crippen MR) is 96.0 cm³/mol. The zero-order valence-electron chi connectivity index (χ0n) is 14.1.